The van der Waals surface area contributed by atoms with Gasteiger partial charge in [0.15, 0.2) is 11.5 Å². The zero-order chi connectivity index (χ0) is 16.6. The van der Waals surface area contributed by atoms with Crippen LogP contribution in [0.2, 0.25) is 0 Å². The molecule has 0 bridgehead atoms. The average Bonchev–Trinajstić information content (AvgIpc) is 3.11. The van der Waals surface area contributed by atoms with Crippen LogP contribution in [0.25, 0.3) is 0 Å². The zero-order valence-corrected chi connectivity index (χ0v) is 13.1. The highest BCUT2D eigenvalue weighted by molar-refractivity contribution is 5.90. The van der Waals surface area contributed by atoms with Gasteiger partial charge in [-0.05, 0) is 19.9 Å². The second kappa shape index (κ2) is 5.75. The summed E-state index contributed by atoms with van der Waals surface area (Å²) in [6, 6.07) is 1.40. The van der Waals surface area contributed by atoms with Gasteiger partial charge in [-0.15, -0.1) is 0 Å². The lowest BCUT2D eigenvalue weighted by Crippen LogP contribution is -2.41. The molecule has 0 saturated heterocycles. The van der Waals surface area contributed by atoms with Gasteiger partial charge in [0.05, 0.1) is 25.9 Å². The summed E-state index contributed by atoms with van der Waals surface area (Å²) in [5.41, 5.74) is 2.25. The normalized spacial score (nSPS) is 13.6. The lowest BCUT2D eigenvalue weighted by atomic mass is 10.3. The summed E-state index contributed by atoms with van der Waals surface area (Å²) < 4.78 is 11.4. The van der Waals surface area contributed by atoms with E-state index in [4.69, 9.17) is 4.52 Å². The Bertz CT molecular complexity index is 744. The van der Waals surface area contributed by atoms with Gasteiger partial charge in [0.25, 0.3) is 0 Å². The number of anilines is 1. The third kappa shape index (κ3) is 2.77. The SMILES string of the molecule is COC(=O)c1cc2n(n1)CCN(C(=O)Nc1c(C)noc1C)C2. The Kier molecular flexibility index (Phi) is 3.77. The third-order valence-corrected chi connectivity index (χ3v) is 3.74. The van der Waals surface area contributed by atoms with E-state index in [-0.39, 0.29) is 11.7 Å². The number of nitrogens with zero attached hydrogens (tertiary/aromatic N) is 4. The van der Waals surface area contributed by atoms with Crippen molar-refractivity contribution in [3.05, 3.63) is 28.9 Å². The molecule has 2 aromatic rings. The molecule has 0 aliphatic carbocycles. The number of urea groups is 1. The first kappa shape index (κ1) is 15.1. The molecule has 0 radical (unpaired) electrons. The van der Waals surface area contributed by atoms with E-state index in [2.05, 4.69) is 20.3 Å². The molecule has 0 unspecified atom stereocenters. The van der Waals surface area contributed by atoms with Gasteiger partial charge in [0.2, 0.25) is 0 Å². The summed E-state index contributed by atoms with van der Waals surface area (Å²) in [5, 5.41) is 10.8. The Morgan fingerprint density at radius 3 is 2.78 bits per heavy atom. The van der Waals surface area contributed by atoms with Gasteiger partial charge in [0.1, 0.15) is 11.4 Å². The van der Waals surface area contributed by atoms with Crippen LogP contribution < -0.4 is 5.32 Å². The molecule has 1 aliphatic heterocycles. The number of carbonyl (C=O) groups excluding carboxylic acids is 2. The minimum absolute atomic E-state index is 0.244. The number of hydrogen-bond acceptors (Lipinski definition) is 6. The van der Waals surface area contributed by atoms with Crippen LogP contribution in [0.4, 0.5) is 10.5 Å². The van der Waals surface area contributed by atoms with E-state index < -0.39 is 5.97 Å². The quantitative estimate of drug-likeness (QED) is 0.838. The predicted octanol–water partition coefficient (Wildman–Crippen LogP) is 1.32. The van der Waals surface area contributed by atoms with Crippen LogP contribution in [-0.4, -0.2) is 45.5 Å². The monoisotopic (exact) mass is 319 g/mol. The molecule has 1 N–H and O–H groups in total. The van der Waals surface area contributed by atoms with Crippen LogP contribution in [-0.2, 0) is 17.8 Å². The number of ether oxygens (including phenoxy) is 1. The highest BCUT2D eigenvalue weighted by Crippen LogP contribution is 2.21. The molecular weight excluding hydrogens is 302 g/mol. The highest BCUT2D eigenvalue weighted by Gasteiger charge is 2.25. The van der Waals surface area contributed by atoms with Gasteiger partial charge in [-0.3, -0.25) is 4.68 Å². The van der Waals surface area contributed by atoms with E-state index in [0.29, 0.717) is 36.8 Å². The van der Waals surface area contributed by atoms with Crippen LogP contribution in [0.5, 0.6) is 0 Å². The van der Waals surface area contributed by atoms with Crippen molar-refractivity contribution in [2.75, 3.05) is 19.0 Å². The van der Waals surface area contributed by atoms with Crippen LogP contribution in [0, 0.1) is 13.8 Å². The second-order valence-electron chi connectivity index (χ2n) is 5.29. The molecule has 2 aromatic heterocycles. The summed E-state index contributed by atoms with van der Waals surface area (Å²) in [5.74, 6) is 0.0736. The number of fused-ring (bicyclic) bond motifs is 1. The topological polar surface area (TPSA) is 102 Å². The van der Waals surface area contributed by atoms with E-state index in [1.807, 2.05) is 0 Å². The number of methoxy groups -OCH3 is 1. The molecule has 23 heavy (non-hydrogen) atoms. The van der Waals surface area contributed by atoms with Crippen LogP contribution in [0.15, 0.2) is 10.6 Å². The lowest BCUT2D eigenvalue weighted by molar-refractivity contribution is 0.0592. The van der Waals surface area contributed by atoms with Crippen molar-refractivity contribution < 1.29 is 18.8 Å². The van der Waals surface area contributed by atoms with Crippen molar-refractivity contribution in [3.8, 4) is 0 Å². The summed E-state index contributed by atoms with van der Waals surface area (Å²) >= 11 is 0. The summed E-state index contributed by atoms with van der Waals surface area (Å²) in [7, 11) is 1.31. The molecule has 0 aromatic carbocycles. The van der Waals surface area contributed by atoms with E-state index >= 15 is 0 Å². The number of amides is 2. The molecule has 3 heterocycles. The van der Waals surface area contributed by atoms with Crippen molar-refractivity contribution in [2.24, 2.45) is 0 Å². The van der Waals surface area contributed by atoms with Crippen molar-refractivity contribution in [3.63, 3.8) is 0 Å². The number of aromatic nitrogens is 3. The largest absolute Gasteiger partial charge is 0.464 e. The molecule has 0 saturated carbocycles. The summed E-state index contributed by atoms with van der Waals surface area (Å²) in [4.78, 5) is 25.6. The number of hydrogen-bond donors (Lipinski definition) is 1. The first-order valence-electron chi connectivity index (χ1n) is 7.13. The number of nitrogens with one attached hydrogen (secondary N) is 1. The molecule has 0 spiro atoms. The van der Waals surface area contributed by atoms with Crippen molar-refractivity contribution >= 4 is 17.7 Å². The summed E-state index contributed by atoms with van der Waals surface area (Å²) in [6.45, 7) is 4.87. The Morgan fingerprint density at radius 2 is 2.13 bits per heavy atom. The van der Waals surface area contributed by atoms with E-state index in [0.717, 1.165) is 5.69 Å². The average molecular weight is 319 g/mol. The third-order valence-electron chi connectivity index (χ3n) is 3.74. The van der Waals surface area contributed by atoms with Gasteiger partial charge in [-0.25, -0.2) is 9.59 Å². The van der Waals surface area contributed by atoms with Crippen LogP contribution in [0.3, 0.4) is 0 Å². The fraction of sp³-hybridized carbons (Fsp3) is 0.429. The van der Waals surface area contributed by atoms with Gasteiger partial charge in [-0.2, -0.15) is 5.10 Å². The van der Waals surface area contributed by atoms with E-state index in [9.17, 15) is 9.59 Å². The molecule has 122 valence electrons. The molecule has 2 amide bonds. The smallest absolute Gasteiger partial charge is 0.358 e. The summed E-state index contributed by atoms with van der Waals surface area (Å²) in [6.07, 6.45) is 0. The van der Waals surface area contributed by atoms with Crippen molar-refractivity contribution in [2.45, 2.75) is 26.9 Å². The standard InChI is InChI=1S/C14H17N5O4/c1-8-12(9(2)23-17-8)15-14(21)18-4-5-19-10(7-18)6-11(16-19)13(20)22-3/h6H,4-5,7H2,1-3H3,(H,15,21). The van der Waals surface area contributed by atoms with Crippen LogP contribution >= 0.6 is 0 Å². The number of esters is 1. The number of aryl methyl sites for hydroxylation is 2. The maximum absolute atomic E-state index is 12.4. The van der Waals surface area contributed by atoms with Crippen molar-refractivity contribution in [1.29, 1.82) is 0 Å². The van der Waals surface area contributed by atoms with Gasteiger partial charge >= 0.3 is 12.0 Å². The Balaban J connectivity index is 1.73. The maximum Gasteiger partial charge on any atom is 0.358 e. The van der Waals surface area contributed by atoms with E-state index in [1.165, 1.54) is 7.11 Å². The number of rotatable bonds is 2. The molecule has 1 aliphatic rings. The Hall–Kier alpha value is -2.84. The lowest BCUT2D eigenvalue weighted by Gasteiger charge is -2.27. The Labute approximate surface area is 132 Å². The highest BCUT2D eigenvalue weighted by atomic mass is 16.5. The first-order valence-corrected chi connectivity index (χ1v) is 7.13. The number of carbonyl (C=O) groups is 2. The fourth-order valence-electron chi connectivity index (χ4n) is 2.49. The van der Waals surface area contributed by atoms with Crippen molar-refractivity contribution in [1.82, 2.24) is 19.8 Å². The van der Waals surface area contributed by atoms with Gasteiger partial charge in [0, 0.05) is 6.54 Å². The van der Waals surface area contributed by atoms with Crippen LogP contribution in [0.1, 0.15) is 27.6 Å². The molecule has 0 atom stereocenters. The molecule has 3 rings (SSSR count). The first-order chi connectivity index (χ1) is 11.0. The fourth-order valence-corrected chi connectivity index (χ4v) is 2.49. The predicted molar refractivity (Wildman–Crippen MR) is 79.0 cm³/mol. The molecule has 9 nitrogen and oxygen atoms in total. The van der Waals surface area contributed by atoms with E-state index in [1.54, 1.807) is 29.5 Å². The zero-order valence-electron chi connectivity index (χ0n) is 13.1. The molecule has 9 heteroatoms. The molecule has 0 fully saturated rings. The molecular formula is C14H17N5O4. The minimum atomic E-state index is -0.487. The Morgan fingerprint density at radius 1 is 1.35 bits per heavy atom. The van der Waals surface area contributed by atoms with Gasteiger partial charge < -0.3 is 19.5 Å². The minimum Gasteiger partial charge on any atom is -0.464 e. The van der Waals surface area contributed by atoms with Gasteiger partial charge in [-0.1, -0.05) is 5.16 Å². The second-order valence-corrected chi connectivity index (χ2v) is 5.29. The maximum atomic E-state index is 12.4.